The number of rotatable bonds is 8. The van der Waals surface area contributed by atoms with E-state index in [9.17, 15) is 0 Å². The number of aromatic nitrogens is 2. The molecule has 0 aliphatic heterocycles. The van der Waals surface area contributed by atoms with Crippen LogP contribution >= 0.6 is 0 Å². The quantitative estimate of drug-likeness (QED) is 0.686. The molecule has 1 aromatic rings. The van der Waals surface area contributed by atoms with E-state index in [4.69, 9.17) is 10.5 Å². The molecule has 4 nitrogen and oxygen atoms in total. The van der Waals surface area contributed by atoms with Crippen molar-refractivity contribution in [2.24, 2.45) is 5.73 Å². The van der Waals surface area contributed by atoms with Crippen molar-refractivity contribution < 1.29 is 4.74 Å². The van der Waals surface area contributed by atoms with Crippen molar-refractivity contribution in [2.75, 3.05) is 13.2 Å². The number of imidazole rings is 1. The van der Waals surface area contributed by atoms with Crippen LogP contribution in [-0.4, -0.2) is 28.3 Å². The molecule has 0 fully saturated rings. The van der Waals surface area contributed by atoms with Crippen LogP contribution in [0, 0.1) is 0 Å². The monoisotopic (exact) mass is 225 g/mol. The zero-order valence-electron chi connectivity index (χ0n) is 10.4. The van der Waals surface area contributed by atoms with Gasteiger partial charge in [-0.05, 0) is 19.3 Å². The maximum Gasteiger partial charge on any atom is 0.0945 e. The van der Waals surface area contributed by atoms with Gasteiger partial charge in [-0.3, -0.25) is 0 Å². The van der Waals surface area contributed by atoms with Crippen LogP contribution in [0.15, 0.2) is 18.7 Å². The SMILES string of the molecule is CCC(CC)(CN)OCCCn1ccnc1. The Balaban J connectivity index is 2.23. The molecular weight excluding hydrogens is 202 g/mol. The summed E-state index contributed by atoms with van der Waals surface area (Å²) in [5.41, 5.74) is 5.65. The number of nitrogens with two attached hydrogens (primary N) is 1. The predicted molar refractivity (Wildman–Crippen MR) is 65.2 cm³/mol. The molecule has 0 radical (unpaired) electrons. The second-order valence-corrected chi connectivity index (χ2v) is 4.10. The van der Waals surface area contributed by atoms with Crippen molar-refractivity contribution in [1.29, 1.82) is 0 Å². The Kier molecular flexibility index (Phi) is 5.49. The number of hydrogen-bond acceptors (Lipinski definition) is 3. The second-order valence-electron chi connectivity index (χ2n) is 4.10. The van der Waals surface area contributed by atoms with Gasteiger partial charge in [0.15, 0.2) is 0 Å². The van der Waals surface area contributed by atoms with Crippen molar-refractivity contribution in [3.8, 4) is 0 Å². The predicted octanol–water partition coefficient (Wildman–Crippen LogP) is 1.81. The van der Waals surface area contributed by atoms with Crippen molar-refractivity contribution >= 4 is 0 Å². The highest BCUT2D eigenvalue weighted by Gasteiger charge is 2.24. The molecule has 2 N–H and O–H groups in total. The minimum atomic E-state index is -0.116. The average Bonchev–Trinajstić information content (AvgIpc) is 2.83. The van der Waals surface area contributed by atoms with Crippen LogP contribution in [0.1, 0.15) is 33.1 Å². The molecule has 92 valence electrons. The molecule has 4 heteroatoms. The molecule has 0 atom stereocenters. The van der Waals surface area contributed by atoms with Crippen molar-refractivity contribution in [3.05, 3.63) is 18.7 Å². The van der Waals surface area contributed by atoms with E-state index >= 15 is 0 Å². The summed E-state index contributed by atoms with van der Waals surface area (Å²) in [6, 6.07) is 0. The Morgan fingerprint density at radius 2 is 2.12 bits per heavy atom. The highest BCUT2D eigenvalue weighted by Crippen LogP contribution is 2.19. The van der Waals surface area contributed by atoms with Gasteiger partial charge in [-0.1, -0.05) is 13.8 Å². The first kappa shape index (κ1) is 13.2. The van der Waals surface area contributed by atoms with E-state index in [0.29, 0.717) is 6.54 Å². The smallest absolute Gasteiger partial charge is 0.0945 e. The fourth-order valence-electron chi connectivity index (χ4n) is 1.76. The maximum atomic E-state index is 5.92. The van der Waals surface area contributed by atoms with Gasteiger partial charge in [-0.15, -0.1) is 0 Å². The third-order valence-corrected chi connectivity index (χ3v) is 3.19. The van der Waals surface area contributed by atoms with Crippen LogP contribution in [0.5, 0.6) is 0 Å². The molecule has 16 heavy (non-hydrogen) atoms. The Morgan fingerprint density at radius 1 is 1.38 bits per heavy atom. The number of hydrogen-bond donors (Lipinski definition) is 1. The molecular formula is C12H23N3O. The largest absolute Gasteiger partial charge is 0.374 e. The van der Waals surface area contributed by atoms with Crippen LogP contribution in [0.25, 0.3) is 0 Å². The molecule has 0 aromatic carbocycles. The lowest BCUT2D eigenvalue weighted by molar-refractivity contribution is -0.0462. The van der Waals surface area contributed by atoms with Gasteiger partial charge in [0.05, 0.1) is 11.9 Å². The molecule has 0 aliphatic rings. The Bertz CT molecular complexity index is 260. The van der Waals surface area contributed by atoms with E-state index in [0.717, 1.165) is 32.4 Å². The first-order chi connectivity index (χ1) is 7.76. The topological polar surface area (TPSA) is 53.1 Å². The van der Waals surface area contributed by atoms with Gasteiger partial charge in [-0.25, -0.2) is 4.98 Å². The van der Waals surface area contributed by atoms with Crippen LogP contribution < -0.4 is 5.73 Å². The molecule has 0 aliphatic carbocycles. The zero-order chi connectivity index (χ0) is 11.9. The first-order valence-corrected chi connectivity index (χ1v) is 6.06. The normalized spacial score (nSPS) is 11.9. The minimum absolute atomic E-state index is 0.116. The lowest BCUT2D eigenvalue weighted by Crippen LogP contribution is -2.39. The zero-order valence-corrected chi connectivity index (χ0v) is 10.4. The minimum Gasteiger partial charge on any atom is -0.374 e. The second kappa shape index (κ2) is 6.66. The van der Waals surface area contributed by atoms with E-state index in [1.807, 2.05) is 12.5 Å². The van der Waals surface area contributed by atoms with Crippen LogP contribution in [0.4, 0.5) is 0 Å². The summed E-state index contributed by atoms with van der Waals surface area (Å²) < 4.78 is 7.98. The Labute approximate surface area is 97.8 Å². The van der Waals surface area contributed by atoms with Gasteiger partial charge in [-0.2, -0.15) is 0 Å². The summed E-state index contributed by atoms with van der Waals surface area (Å²) in [4.78, 5) is 4.00. The van der Waals surface area contributed by atoms with Crippen LogP contribution in [0.3, 0.4) is 0 Å². The van der Waals surface area contributed by atoms with Crippen LogP contribution in [0.2, 0.25) is 0 Å². The summed E-state index contributed by atoms with van der Waals surface area (Å²) in [6.07, 6.45) is 8.54. The van der Waals surface area contributed by atoms with E-state index in [-0.39, 0.29) is 5.60 Å². The fraction of sp³-hybridized carbons (Fsp3) is 0.750. The lowest BCUT2D eigenvalue weighted by atomic mass is 9.97. The molecule has 0 bridgehead atoms. The molecule has 0 saturated carbocycles. The summed E-state index contributed by atoms with van der Waals surface area (Å²) in [5, 5.41) is 0. The van der Waals surface area contributed by atoms with Crippen molar-refractivity contribution in [2.45, 2.75) is 45.3 Å². The summed E-state index contributed by atoms with van der Waals surface area (Å²) in [5.74, 6) is 0. The van der Waals surface area contributed by atoms with E-state index in [1.54, 1.807) is 6.20 Å². The molecule has 1 rings (SSSR count). The summed E-state index contributed by atoms with van der Waals surface area (Å²) in [6.45, 7) is 6.58. The third kappa shape index (κ3) is 3.61. The van der Waals surface area contributed by atoms with E-state index in [2.05, 4.69) is 23.4 Å². The van der Waals surface area contributed by atoms with Crippen LogP contribution in [-0.2, 0) is 11.3 Å². The Hall–Kier alpha value is -0.870. The average molecular weight is 225 g/mol. The van der Waals surface area contributed by atoms with Gasteiger partial charge in [0.1, 0.15) is 0 Å². The van der Waals surface area contributed by atoms with Gasteiger partial charge in [0, 0.05) is 32.1 Å². The van der Waals surface area contributed by atoms with Gasteiger partial charge in [0.25, 0.3) is 0 Å². The number of nitrogens with zero attached hydrogens (tertiary/aromatic N) is 2. The fourth-order valence-corrected chi connectivity index (χ4v) is 1.76. The molecule has 0 saturated heterocycles. The van der Waals surface area contributed by atoms with Crippen molar-refractivity contribution in [3.63, 3.8) is 0 Å². The highest BCUT2D eigenvalue weighted by molar-refractivity contribution is 4.79. The summed E-state index contributed by atoms with van der Waals surface area (Å²) in [7, 11) is 0. The highest BCUT2D eigenvalue weighted by atomic mass is 16.5. The summed E-state index contributed by atoms with van der Waals surface area (Å²) >= 11 is 0. The maximum absolute atomic E-state index is 5.92. The Morgan fingerprint density at radius 3 is 2.62 bits per heavy atom. The molecule has 0 spiro atoms. The molecule has 0 amide bonds. The third-order valence-electron chi connectivity index (χ3n) is 3.19. The first-order valence-electron chi connectivity index (χ1n) is 6.06. The lowest BCUT2D eigenvalue weighted by Gasteiger charge is -2.30. The van der Waals surface area contributed by atoms with Gasteiger partial charge in [0.2, 0.25) is 0 Å². The molecule has 1 aromatic heterocycles. The van der Waals surface area contributed by atoms with Crippen molar-refractivity contribution in [1.82, 2.24) is 9.55 Å². The molecule has 1 heterocycles. The van der Waals surface area contributed by atoms with E-state index < -0.39 is 0 Å². The standard InChI is InChI=1S/C12H23N3O/c1-3-12(4-2,10-13)16-9-5-7-15-8-6-14-11-15/h6,8,11H,3-5,7,9-10,13H2,1-2H3. The van der Waals surface area contributed by atoms with Gasteiger partial charge < -0.3 is 15.0 Å². The van der Waals surface area contributed by atoms with Gasteiger partial charge >= 0.3 is 0 Å². The number of ether oxygens (including phenoxy) is 1. The van der Waals surface area contributed by atoms with E-state index in [1.165, 1.54) is 0 Å². The number of aryl methyl sites for hydroxylation is 1. The molecule has 0 unspecified atom stereocenters.